The summed E-state index contributed by atoms with van der Waals surface area (Å²) in [5.74, 6) is 1.43. The minimum absolute atomic E-state index is 0.0110. The van der Waals surface area contributed by atoms with E-state index in [4.69, 9.17) is 14.6 Å². The van der Waals surface area contributed by atoms with E-state index >= 15 is 0 Å². The highest BCUT2D eigenvalue weighted by atomic mass is 32.2. The normalized spacial score (nSPS) is 13.9. The highest BCUT2D eigenvalue weighted by Crippen LogP contribution is 2.32. The molecule has 0 saturated carbocycles. The van der Waals surface area contributed by atoms with Crippen LogP contribution in [0.1, 0.15) is 24.1 Å². The number of hydrogen-bond donors (Lipinski definition) is 3. The van der Waals surface area contributed by atoms with Crippen molar-refractivity contribution in [2.45, 2.75) is 24.3 Å². The quantitative estimate of drug-likeness (QED) is 0.692. The van der Waals surface area contributed by atoms with E-state index in [1.54, 1.807) is 19.1 Å². The van der Waals surface area contributed by atoms with Crippen LogP contribution >= 0.6 is 0 Å². The molecule has 1 atom stereocenters. The van der Waals surface area contributed by atoms with E-state index in [2.05, 4.69) is 10.6 Å². The highest BCUT2D eigenvalue weighted by molar-refractivity contribution is 7.89. The Morgan fingerprint density at radius 3 is 2.74 bits per heavy atom. The Balaban J connectivity index is 1.50. The molecule has 0 spiro atoms. The highest BCUT2D eigenvalue weighted by Gasteiger charge is 2.15. The molecule has 0 saturated heterocycles. The van der Waals surface area contributed by atoms with Crippen LogP contribution in [0.4, 0.5) is 4.79 Å². The predicted molar refractivity (Wildman–Crippen MR) is 99.0 cm³/mol. The fourth-order valence-corrected chi connectivity index (χ4v) is 3.28. The Morgan fingerprint density at radius 2 is 1.96 bits per heavy atom. The standard InChI is InChI=1S/C18H21N3O5S/c1-12(14-3-2-4-15(10-14)27(19,23)24)21-18(22)20-8-7-13-5-6-16-17(9-13)26-11-25-16/h2-6,9-10,12H,7-8,11H2,1H3,(H2,19,23,24)(H2,20,21,22)/t12-/m1/s1. The first-order chi connectivity index (χ1) is 12.8. The summed E-state index contributed by atoms with van der Waals surface area (Å²) < 4.78 is 33.5. The number of benzene rings is 2. The van der Waals surface area contributed by atoms with Crippen LogP contribution in [0, 0.1) is 0 Å². The second-order valence-corrected chi connectivity index (χ2v) is 7.74. The molecule has 2 amide bonds. The SMILES string of the molecule is C[C@@H](NC(=O)NCCc1ccc2c(c1)OCO2)c1cccc(S(N)(=O)=O)c1. The molecule has 1 heterocycles. The molecule has 3 rings (SSSR count). The van der Waals surface area contributed by atoms with Crippen LogP contribution in [-0.2, 0) is 16.4 Å². The van der Waals surface area contributed by atoms with Gasteiger partial charge in [0, 0.05) is 6.54 Å². The van der Waals surface area contributed by atoms with Gasteiger partial charge in [0.2, 0.25) is 16.8 Å². The first kappa shape index (κ1) is 19.0. The van der Waals surface area contributed by atoms with Gasteiger partial charge in [0.05, 0.1) is 10.9 Å². The van der Waals surface area contributed by atoms with Crippen molar-refractivity contribution in [2.75, 3.05) is 13.3 Å². The minimum Gasteiger partial charge on any atom is -0.454 e. The van der Waals surface area contributed by atoms with Crippen molar-refractivity contribution in [1.29, 1.82) is 0 Å². The zero-order valence-electron chi connectivity index (χ0n) is 14.8. The van der Waals surface area contributed by atoms with Gasteiger partial charge in [0.1, 0.15) is 0 Å². The molecule has 2 aromatic carbocycles. The number of primary sulfonamides is 1. The molecule has 8 nitrogen and oxygen atoms in total. The third-order valence-electron chi connectivity index (χ3n) is 4.17. The van der Waals surface area contributed by atoms with Gasteiger partial charge >= 0.3 is 6.03 Å². The Bertz CT molecular complexity index is 946. The van der Waals surface area contributed by atoms with E-state index in [9.17, 15) is 13.2 Å². The topological polar surface area (TPSA) is 120 Å². The molecule has 1 aliphatic heterocycles. The minimum atomic E-state index is -3.78. The molecule has 0 radical (unpaired) electrons. The predicted octanol–water partition coefficient (Wildman–Crippen LogP) is 1.67. The van der Waals surface area contributed by atoms with Crippen LogP contribution in [0.3, 0.4) is 0 Å². The van der Waals surface area contributed by atoms with Crippen LogP contribution in [0.15, 0.2) is 47.4 Å². The number of hydrogen-bond acceptors (Lipinski definition) is 5. The molecule has 144 valence electrons. The summed E-state index contributed by atoms with van der Waals surface area (Å²) in [6, 6.07) is 11.1. The second-order valence-electron chi connectivity index (χ2n) is 6.18. The third-order valence-corrected chi connectivity index (χ3v) is 5.08. The maximum absolute atomic E-state index is 12.1. The van der Waals surface area contributed by atoms with E-state index < -0.39 is 10.0 Å². The van der Waals surface area contributed by atoms with E-state index in [1.165, 1.54) is 12.1 Å². The second kappa shape index (κ2) is 7.85. The number of fused-ring (bicyclic) bond motifs is 1. The molecule has 4 N–H and O–H groups in total. The molecule has 27 heavy (non-hydrogen) atoms. The number of rotatable bonds is 6. The number of urea groups is 1. The summed E-state index contributed by atoms with van der Waals surface area (Å²) in [6.07, 6.45) is 0.638. The lowest BCUT2D eigenvalue weighted by molar-refractivity contribution is 0.174. The van der Waals surface area contributed by atoms with Crippen molar-refractivity contribution < 1.29 is 22.7 Å². The fourth-order valence-electron chi connectivity index (χ4n) is 2.71. The number of nitrogens with one attached hydrogen (secondary N) is 2. The fraction of sp³-hybridized carbons (Fsp3) is 0.278. The molecule has 0 aliphatic carbocycles. The lowest BCUT2D eigenvalue weighted by atomic mass is 10.1. The van der Waals surface area contributed by atoms with Gasteiger partial charge < -0.3 is 20.1 Å². The summed E-state index contributed by atoms with van der Waals surface area (Å²) in [7, 11) is -3.78. The first-order valence-corrected chi connectivity index (χ1v) is 9.93. The number of ether oxygens (including phenoxy) is 2. The lowest BCUT2D eigenvalue weighted by Gasteiger charge is -2.16. The van der Waals surface area contributed by atoms with Crippen molar-refractivity contribution in [3.8, 4) is 11.5 Å². The maximum atomic E-state index is 12.1. The molecular formula is C18H21N3O5S. The van der Waals surface area contributed by atoms with Crippen LogP contribution in [0.25, 0.3) is 0 Å². The van der Waals surface area contributed by atoms with Crippen molar-refractivity contribution in [2.24, 2.45) is 5.14 Å². The van der Waals surface area contributed by atoms with E-state index in [0.717, 1.165) is 11.3 Å². The summed E-state index contributed by atoms with van der Waals surface area (Å²) in [5.41, 5.74) is 1.67. The maximum Gasteiger partial charge on any atom is 0.315 e. The van der Waals surface area contributed by atoms with E-state index in [-0.39, 0.29) is 23.8 Å². The smallest absolute Gasteiger partial charge is 0.315 e. The molecule has 0 unspecified atom stereocenters. The van der Waals surface area contributed by atoms with Crippen molar-refractivity contribution in [1.82, 2.24) is 10.6 Å². The van der Waals surface area contributed by atoms with Gasteiger partial charge in [-0.05, 0) is 48.7 Å². The number of carbonyl (C=O) groups is 1. The first-order valence-electron chi connectivity index (χ1n) is 8.38. The summed E-state index contributed by atoms with van der Waals surface area (Å²) in [5, 5.41) is 10.7. The molecule has 0 aromatic heterocycles. The van der Waals surface area contributed by atoms with Gasteiger partial charge in [-0.15, -0.1) is 0 Å². The summed E-state index contributed by atoms with van der Waals surface area (Å²) in [6.45, 7) is 2.43. The van der Waals surface area contributed by atoms with E-state index in [0.29, 0.717) is 24.3 Å². The van der Waals surface area contributed by atoms with Crippen LogP contribution in [-0.4, -0.2) is 27.8 Å². The number of sulfonamides is 1. The zero-order valence-corrected chi connectivity index (χ0v) is 15.6. The van der Waals surface area contributed by atoms with Gasteiger partial charge in [0.25, 0.3) is 0 Å². The van der Waals surface area contributed by atoms with Gasteiger partial charge in [-0.1, -0.05) is 18.2 Å². The Morgan fingerprint density at radius 1 is 1.19 bits per heavy atom. The average Bonchev–Trinajstić information content (AvgIpc) is 3.09. The number of nitrogens with two attached hydrogens (primary N) is 1. The molecule has 1 aliphatic rings. The molecular weight excluding hydrogens is 370 g/mol. The van der Waals surface area contributed by atoms with Gasteiger partial charge in [0.15, 0.2) is 11.5 Å². The average molecular weight is 391 g/mol. The monoisotopic (exact) mass is 391 g/mol. The van der Waals surface area contributed by atoms with Crippen LogP contribution in [0.5, 0.6) is 11.5 Å². The number of carbonyl (C=O) groups excluding carboxylic acids is 1. The molecule has 0 fully saturated rings. The van der Waals surface area contributed by atoms with Crippen molar-refractivity contribution >= 4 is 16.1 Å². The molecule has 0 bridgehead atoms. The summed E-state index contributed by atoms with van der Waals surface area (Å²) >= 11 is 0. The Hall–Kier alpha value is -2.78. The van der Waals surface area contributed by atoms with Crippen molar-refractivity contribution in [3.05, 3.63) is 53.6 Å². The number of amides is 2. The van der Waals surface area contributed by atoms with Gasteiger partial charge in [-0.2, -0.15) is 0 Å². The van der Waals surface area contributed by atoms with E-state index in [1.807, 2.05) is 18.2 Å². The third kappa shape index (κ3) is 4.89. The van der Waals surface area contributed by atoms with Gasteiger partial charge in [-0.25, -0.2) is 18.4 Å². The largest absolute Gasteiger partial charge is 0.454 e. The molecule has 9 heteroatoms. The Labute approximate surface area is 157 Å². The summed E-state index contributed by atoms with van der Waals surface area (Å²) in [4.78, 5) is 12.1. The van der Waals surface area contributed by atoms with Crippen molar-refractivity contribution in [3.63, 3.8) is 0 Å². The Kier molecular flexibility index (Phi) is 5.52. The van der Waals surface area contributed by atoms with Gasteiger partial charge in [-0.3, -0.25) is 0 Å². The van der Waals surface area contributed by atoms with Crippen LogP contribution < -0.4 is 25.2 Å². The molecule has 2 aromatic rings. The lowest BCUT2D eigenvalue weighted by Crippen LogP contribution is -2.38. The zero-order chi connectivity index (χ0) is 19.4. The van der Waals surface area contributed by atoms with Crippen LogP contribution in [0.2, 0.25) is 0 Å².